The van der Waals surface area contributed by atoms with Crippen molar-refractivity contribution in [3.8, 4) is 21.7 Å². The third-order valence-corrected chi connectivity index (χ3v) is 6.68. The van der Waals surface area contributed by atoms with E-state index in [4.69, 9.17) is 21.3 Å². The first-order valence-corrected chi connectivity index (χ1v) is 11.8. The first-order valence-electron chi connectivity index (χ1n) is 10.6. The summed E-state index contributed by atoms with van der Waals surface area (Å²) in [5.74, 6) is 0. The van der Waals surface area contributed by atoms with Gasteiger partial charge in [-0.3, -0.25) is 4.40 Å². The number of alkyl halides is 1. The fourth-order valence-electron chi connectivity index (χ4n) is 3.87. The Morgan fingerprint density at radius 3 is 2.38 bits per heavy atom. The van der Waals surface area contributed by atoms with Gasteiger partial charge in [-0.2, -0.15) is 0 Å². The number of rotatable bonds is 4. The first-order chi connectivity index (χ1) is 15.6. The average Bonchev–Trinajstić information content (AvgIpc) is 3.39. The Bertz CT molecular complexity index is 1180. The lowest BCUT2D eigenvalue weighted by molar-refractivity contribution is 0.0938. The monoisotopic (exact) mass is 466 g/mol. The highest BCUT2D eigenvalue weighted by atomic mass is 35.5. The molecular formula is C24H23ClN4O2S. The van der Waals surface area contributed by atoms with Crippen LogP contribution >= 0.6 is 22.9 Å². The van der Waals surface area contributed by atoms with Crippen molar-refractivity contribution in [2.75, 3.05) is 31.1 Å². The van der Waals surface area contributed by atoms with Crippen molar-refractivity contribution in [2.24, 2.45) is 0 Å². The van der Waals surface area contributed by atoms with Gasteiger partial charge in [0.05, 0.1) is 10.6 Å². The molecule has 1 aliphatic heterocycles. The van der Waals surface area contributed by atoms with Crippen molar-refractivity contribution in [1.29, 1.82) is 0 Å². The smallest absolute Gasteiger partial charge is 0.411 e. The second-order valence-electron chi connectivity index (χ2n) is 7.73. The van der Waals surface area contributed by atoms with Gasteiger partial charge in [0.1, 0.15) is 0 Å². The zero-order valence-electron chi connectivity index (χ0n) is 17.6. The molecule has 1 unspecified atom stereocenters. The van der Waals surface area contributed by atoms with Crippen LogP contribution in [0.2, 0.25) is 0 Å². The number of halogens is 1. The van der Waals surface area contributed by atoms with E-state index in [1.807, 2.05) is 6.07 Å². The number of aromatic nitrogens is 2. The minimum atomic E-state index is -0.615. The summed E-state index contributed by atoms with van der Waals surface area (Å²) in [5.41, 5.74) is 3.78. The van der Waals surface area contributed by atoms with Crippen LogP contribution in [-0.2, 0) is 4.74 Å². The Morgan fingerprint density at radius 1 is 1.00 bits per heavy atom. The van der Waals surface area contributed by atoms with Crippen LogP contribution in [-0.4, -0.2) is 52.1 Å². The number of thiazole rings is 1. The third-order valence-electron chi connectivity index (χ3n) is 5.54. The summed E-state index contributed by atoms with van der Waals surface area (Å²) >= 11 is 7.44. The zero-order valence-corrected chi connectivity index (χ0v) is 19.2. The summed E-state index contributed by atoms with van der Waals surface area (Å²) in [4.78, 5) is 23.0. The molecule has 0 spiro atoms. The van der Waals surface area contributed by atoms with Crippen molar-refractivity contribution in [1.82, 2.24) is 14.3 Å². The largest absolute Gasteiger partial charge is 0.430 e. The Labute approximate surface area is 195 Å². The molecule has 4 aromatic rings. The van der Waals surface area contributed by atoms with Crippen molar-refractivity contribution >= 4 is 39.7 Å². The Balaban J connectivity index is 1.25. The number of carbonyl (C=O) groups excluding carboxylic acids is 1. The fourth-order valence-corrected chi connectivity index (χ4v) is 4.92. The van der Waals surface area contributed by atoms with E-state index in [1.165, 1.54) is 10.4 Å². The van der Waals surface area contributed by atoms with Gasteiger partial charge in [0.25, 0.3) is 0 Å². The Kier molecular flexibility index (Phi) is 5.76. The molecule has 1 fully saturated rings. The minimum absolute atomic E-state index is 0.349. The summed E-state index contributed by atoms with van der Waals surface area (Å²) in [7, 11) is 0. The predicted octanol–water partition coefficient (Wildman–Crippen LogP) is 5.57. The number of hydrogen-bond donors (Lipinski definition) is 0. The number of benzene rings is 2. The van der Waals surface area contributed by atoms with Crippen LogP contribution in [0.3, 0.4) is 0 Å². The number of amides is 1. The lowest BCUT2D eigenvalue weighted by atomic mass is 10.1. The van der Waals surface area contributed by atoms with Gasteiger partial charge in [-0.15, -0.1) is 0 Å². The molecule has 0 saturated carbocycles. The Hall–Kier alpha value is -3.03. The third kappa shape index (κ3) is 4.31. The van der Waals surface area contributed by atoms with Crippen LogP contribution in [0.4, 0.5) is 10.5 Å². The van der Waals surface area contributed by atoms with Crippen molar-refractivity contribution in [2.45, 2.75) is 12.5 Å². The fraction of sp³-hybridized carbons (Fsp3) is 0.250. The van der Waals surface area contributed by atoms with Crippen LogP contribution in [0.25, 0.3) is 26.7 Å². The van der Waals surface area contributed by atoms with Crippen molar-refractivity contribution in [3.05, 3.63) is 67.0 Å². The summed E-state index contributed by atoms with van der Waals surface area (Å²) < 4.78 is 7.17. The van der Waals surface area contributed by atoms with Gasteiger partial charge in [-0.25, -0.2) is 9.78 Å². The normalized spacial score (nSPS) is 15.2. The average molecular weight is 467 g/mol. The van der Waals surface area contributed by atoms with Gasteiger partial charge in [-0.05, 0) is 24.6 Å². The molecule has 0 N–H and O–H groups in total. The zero-order chi connectivity index (χ0) is 22.1. The molecule has 6 nitrogen and oxygen atoms in total. The molecule has 1 atom stereocenters. The molecule has 1 aliphatic rings. The number of anilines is 1. The van der Waals surface area contributed by atoms with Crippen molar-refractivity contribution < 1.29 is 9.53 Å². The number of hydrogen-bond acceptors (Lipinski definition) is 5. The minimum Gasteiger partial charge on any atom is -0.430 e. The van der Waals surface area contributed by atoms with Gasteiger partial charge in [-0.1, -0.05) is 65.4 Å². The van der Waals surface area contributed by atoms with E-state index in [0.717, 1.165) is 35.0 Å². The van der Waals surface area contributed by atoms with E-state index in [9.17, 15) is 4.79 Å². The molecule has 8 heteroatoms. The Morgan fingerprint density at radius 2 is 1.72 bits per heavy atom. The molecule has 0 aliphatic carbocycles. The highest BCUT2D eigenvalue weighted by Gasteiger charge is 2.23. The summed E-state index contributed by atoms with van der Waals surface area (Å²) in [5, 5.41) is 0. The van der Waals surface area contributed by atoms with E-state index in [2.05, 4.69) is 70.2 Å². The van der Waals surface area contributed by atoms with Gasteiger partial charge in [0.2, 0.25) is 0 Å². The van der Waals surface area contributed by atoms with E-state index in [-0.39, 0.29) is 6.09 Å². The molecule has 0 radical (unpaired) electrons. The molecule has 164 valence electrons. The van der Waals surface area contributed by atoms with E-state index in [1.54, 1.807) is 23.2 Å². The predicted molar refractivity (Wildman–Crippen MR) is 130 cm³/mol. The molecular weight excluding hydrogens is 444 g/mol. The van der Waals surface area contributed by atoms with Crippen molar-refractivity contribution in [3.63, 3.8) is 0 Å². The quantitative estimate of drug-likeness (QED) is 0.369. The maximum absolute atomic E-state index is 12.0. The molecule has 1 saturated heterocycles. The van der Waals surface area contributed by atoms with Gasteiger partial charge in [0, 0.05) is 49.8 Å². The molecule has 3 heterocycles. The number of carbonyl (C=O) groups is 1. The first kappa shape index (κ1) is 20.8. The van der Waals surface area contributed by atoms with Crippen LogP contribution in [0.15, 0.2) is 67.0 Å². The van der Waals surface area contributed by atoms with Crippen LogP contribution in [0.5, 0.6) is 0 Å². The standard InChI is InChI=1S/C24H23ClN4O2S/c1-17(25)31-24(30)28-13-11-27(12-14-28)20-9-7-18(8-10-20)21-15-29-16-22(32-23(29)26-21)19-5-3-2-4-6-19/h2-10,15-17H,11-14H2,1H3. The number of nitrogens with zero attached hydrogens (tertiary/aromatic N) is 4. The summed E-state index contributed by atoms with van der Waals surface area (Å²) in [6.45, 7) is 4.39. The van der Waals surface area contributed by atoms with Gasteiger partial charge < -0.3 is 14.5 Å². The number of ether oxygens (including phenoxy) is 1. The maximum Gasteiger partial charge on any atom is 0.411 e. The molecule has 5 rings (SSSR count). The molecule has 2 aromatic heterocycles. The number of piperazine rings is 1. The van der Waals surface area contributed by atoms with Crippen LogP contribution in [0.1, 0.15) is 6.92 Å². The molecule has 0 bridgehead atoms. The van der Waals surface area contributed by atoms with E-state index < -0.39 is 5.56 Å². The van der Waals surface area contributed by atoms with E-state index >= 15 is 0 Å². The van der Waals surface area contributed by atoms with Crippen LogP contribution in [0, 0.1) is 0 Å². The lowest BCUT2D eigenvalue weighted by Crippen LogP contribution is -2.49. The molecule has 32 heavy (non-hydrogen) atoms. The van der Waals surface area contributed by atoms with Gasteiger partial charge >= 0.3 is 6.09 Å². The molecule has 1 amide bonds. The molecule has 2 aromatic carbocycles. The number of fused-ring (bicyclic) bond motifs is 1. The van der Waals surface area contributed by atoms with E-state index in [0.29, 0.717) is 13.1 Å². The topological polar surface area (TPSA) is 50.1 Å². The second kappa shape index (κ2) is 8.84. The number of imidazole rings is 1. The SMILES string of the molecule is CC(Cl)OC(=O)N1CCN(c2ccc(-c3cn4cc(-c5ccccc5)sc4n3)cc2)CC1. The second-order valence-corrected chi connectivity index (χ2v) is 9.35. The summed E-state index contributed by atoms with van der Waals surface area (Å²) in [6, 6.07) is 18.8. The lowest BCUT2D eigenvalue weighted by Gasteiger charge is -2.35. The highest BCUT2D eigenvalue weighted by molar-refractivity contribution is 7.20. The summed E-state index contributed by atoms with van der Waals surface area (Å²) in [6.07, 6.45) is 3.86. The van der Waals surface area contributed by atoms with Gasteiger partial charge in [0.15, 0.2) is 10.5 Å². The maximum atomic E-state index is 12.0. The highest BCUT2D eigenvalue weighted by Crippen LogP contribution is 2.31. The van der Waals surface area contributed by atoms with Crippen LogP contribution < -0.4 is 4.90 Å².